The summed E-state index contributed by atoms with van der Waals surface area (Å²) in [5, 5.41) is 41.6. The molecule has 0 saturated heterocycles. The average molecular weight is 417 g/mol. The first kappa shape index (κ1) is 22.0. The first-order valence-electron chi connectivity index (χ1n) is 9.76. The second-order valence-corrected chi connectivity index (χ2v) is 9.24. The molecule has 3 rings (SSSR count). The third-order valence-electron chi connectivity index (χ3n) is 6.21. The second kappa shape index (κ2) is 7.86. The van der Waals surface area contributed by atoms with Crippen LogP contribution in [0.4, 0.5) is 0 Å². The van der Waals surface area contributed by atoms with Crippen LogP contribution in [-0.2, 0) is 5.41 Å². The SMILES string of the molecule is Cc1ccc(C(C)(C)c2cc(C3=C[C@](C)(CO)[C@@H](O)[C@H](O)[C@H]3O)ccc2Cl)cc1. The van der Waals surface area contributed by atoms with Gasteiger partial charge in [-0.2, -0.15) is 0 Å². The molecular weight excluding hydrogens is 388 g/mol. The number of hydrogen-bond acceptors (Lipinski definition) is 4. The molecule has 0 amide bonds. The van der Waals surface area contributed by atoms with Gasteiger partial charge < -0.3 is 20.4 Å². The van der Waals surface area contributed by atoms with E-state index in [4.69, 9.17) is 11.6 Å². The fraction of sp³-hybridized carbons (Fsp3) is 0.417. The first-order chi connectivity index (χ1) is 13.5. The zero-order valence-electron chi connectivity index (χ0n) is 17.2. The Morgan fingerprint density at radius 3 is 2.24 bits per heavy atom. The standard InChI is InChI=1S/C24H29ClO4/c1-14-5-8-16(9-6-14)23(2,3)18-11-15(7-10-19(18)25)17-12-24(4,13-26)22(29)21(28)20(17)27/h5-12,20-22,26-29H,13H2,1-4H3/t20-,21+,22-,24+/m0/s1. The molecule has 0 aliphatic heterocycles. The zero-order chi connectivity index (χ0) is 21.6. The molecule has 0 aromatic heterocycles. The average Bonchev–Trinajstić information content (AvgIpc) is 2.70. The summed E-state index contributed by atoms with van der Waals surface area (Å²) in [5.74, 6) is 0. The van der Waals surface area contributed by atoms with E-state index in [1.54, 1.807) is 25.1 Å². The van der Waals surface area contributed by atoms with Crippen molar-refractivity contribution in [3.63, 3.8) is 0 Å². The number of aliphatic hydroxyl groups is 4. The largest absolute Gasteiger partial charge is 0.395 e. The minimum absolute atomic E-state index is 0.350. The van der Waals surface area contributed by atoms with Gasteiger partial charge >= 0.3 is 0 Å². The lowest BCUT2D eigenvalue weighted by Crippen LogP contribution is -2.52. The number of aliphatic hydroxyl groups excluding tert-OH is 4. The Hall–Kier alpha value is -1.69. The van der Waals surface area contributed by atoms with Gasteiger partial charge in [0.1, 0.15) is 12.2 Å². The van der Waals surface area contributed by atoms with Gasteiger partial charge in [0, 0.05) is 15.9 Å². The molecule has 2 aromatic rings. The summed E-state index contributed by atoms with van der Waals surface area (Å²) in [6, 6.07) is 13.8. The van der Waals surface area contributed by atoms with E-state index in [0.717, 1.165) is 11.1 Å². The van der Waals surface area contributed by atoms with Crippen molar-refractivity contribution >= 4 is 17.2 Å². The summed E-state index contributed by atoms with van der Waals surface area (Å²) >= 11 is 6.56. The smallest absolute Gasteiger partial charge is 0.111 e. The van der Waals surface area contributed by atoms with Crippen LogP contribution in [0.1, 0.15) is 43.0 Å². The van der Waals surface area contributed by atoms with E-state index < -0.39 is 23.7 Å². The third-order valence-corrected chi connectivity index (χ3v) is 6.54. The lowest BCUT2D eigenvalue weighted by molar-refractivity contribution is -0.0987. The molecule has 0 radical (unpaired) electrons. The van der Waals surface area contributed by atoms with Crippen LogP contribution >= 0.6 is 11.6 Å². The molecule has 0 fully saturated rings. The molecule has 0 spiro atoms. The molecule has 4 N–H and O–H groups in total. The van der Waals surface area contributed by atoms with E-state index in [1.165, 1.54) is 5.56 Å². The minimum atomic E-state index is -1.39. The van der Waals surface area contributed by atoms with Gasteiger partial charge in [-0.15, -0.1) is 0 Å². The van der Waals surface area contributed by atoms with Gasteiger partial charge in [-0.05, 0) is 41.3 Å². The van der Waals surface area contributed by atoms with E-state index in [-0.39, 0.29) is 12.0 Å². The van der Waals surface area contributed by atoms with Gasteiger partial charge in [-0.1, -0.05) is 74.3 Å². The summed E-state index contributed by atoms with van der Waals surface area (Å²) < 4.78 is 0. The molecule has 1 aliphatic rings. The number of aryl methyl sites for hydroxylation is 1. The van der Waals surface area contributed by atoms with Crippen LogP contribution in [0.5, 0.6) is 0 Å². The molecule has 0 heterocycles. The minimum Gasteiger partial charge on any atom is -0.395 e. The van der Waals surface area contributed by atoms with Crippen molar-refractivity contribution in [1.29, 1.82) is 0 Å². The molecule has 0 saturated carbocycles. The van der Waals surface area contributed by atoms with Crippen molar-refractivity contribution < 1.29 is 20.4 Å². The van der Waals surface area contributed by atoms with Gasteiger partial charge in [0.15, 0.2) is 0 Å². The topological polar surface area (TPSA) is 80.9 Å². The lowest BCUT2D eigenvalue weighted by atomic mass is 9.71. The maximum absolute atomic E-state index is 10.6. The number of hydrogen-bond donors (Lipinski definition) is 4. The normalized spacial score (nSPS) is 27.6. The summed E-state index contributed by atoms with van der Waals surface area (Å²) in [6.45, 7) is 7.52. The van der Waals surface area contributed by atoms with Crippen LogP contribution in [0, 0.1) is 12.3 Å². The summed E-state index contributed by atoms with van der Waals surface area (Å²) in [7, 11) is 0. The Morgan fingerprint density at radius 2 is 1.66 bits per heavy atom. The molecule has 4 nitrogen and oxygen atoms in total. The molecule has 0 bridgehead atoms. The third kappa shape index (κ3) is 3.88. The van der Waals surface area contributed by atoms with Crippen molar-refractivity contribution in [2.24, 2.45) is 5.41 Å². The Balaban J connectivity index is 2.12. The Labute approximate surface area is 177 Å². The molecule has 29 heavy (non-hydrogen) atoms. The molecule has 156 valence electrons. The maximum Gasteiger partial charge on any atom is 0.111 e. The molecule has 5 heteroatoms. The number of benzene rings is 2. The summed E-state index contributed by atoms with van der Waals surface area (Å²) in [5.41, 5.74) is 2.89. The predicted octanol–water partition coefficient (Wildman–Crippen LogP) is 3.45. The fourth-order valence-electron chi connectivity index (χ4n) is 3.98. The molecule has 1 aliphatic carbocycles. The fourth-order valence-corrected chi connectivity index (χ4v) is 4.33. The lowest BCUT2D eigenvalue weighted by Gasteiger charge is -2.41. The molecule has 4 atom stereocenters. The predicted molar refractivity (Wildman–Crippen MR) is 116 cm³/mol. The van der Waals surface area contributed by atoms with Crippen molar-refractivity contribution in [2.45, 2.75) is 51.4 Å². The van der Waals surface area contributed by atoms with Gasteiger partial charge in [-0.3, -0.25) is 0 Å². The summed E-state index contributed by atoms with van der Waals surface area (Å²) in [6.07, 6.45) is -2.26. The van der Waals surface area contributed by atoms with Crippen LogP contribution in [-0.4, -0.2) is 45.3 Å². The van der Waals surface area contributed by atoms with Crippen molar-refractivity contribution in [1.82, 2.24) is 0 Å². The summed E-state index contributed by atoms with van der Waals surface area (Å²) in [4.78, 5) is 0. The van der Waals surface area contributed by atoms with Crippen molar-refractivity contribution in [3.8, 4) is 0 Å². The maximum atomic E-state index is 10.6. The van der Waals surface area contributed by atoms with Crippen LogP contribution in [0.3, 0.4) is 0 Å². The highest BCUT2D eigenvalue weighted by atomic mass is 35.5. The Morgan fingerprint density at radius 1 is 1.03 bits per heavy atom. The molecular formula is C24H29ClO4. The number of halogens is 1. The van der Waals surface area contributed by atoms with Crippen LogP contribution in [0.25, 0.3) is 5.57 Å². The van der Waals surface area contributed by atoms with Crippen molar-refractivity contribution in [2.75, 3.05) is 6.61 Å². The molecule has 2 aromatic carbocycles. The second-order valence-electron chi connectivity index (χ2n) is 8.83. The highest BCUT2D eigenvalue weighted by Crippen LogP contribution is 2.42. The number of rotatable bonds is 4. The quantitative estimate of drug-likeness (QED) is 0.615. The zero-order valence-corrected chi connectivity index (χ0v) is 18.0. The van der Waals surface area contributed by atoms with Gasteiger partial charge in [0.25, 0.3) is 0 Å². The van der Waals surface area contributed by atoms with Crippen LogP contribution in [0.2, 0.25) is 5.02 Å². The molecule has 0 unspecified atom stereocenters. The van der Waals surface area contributed by atoms with Gasteiger partial charge in [-0.25, -0.2) is 0 Å². The highest BCUT2D eigenvalue weighted by Gasteiger charge is 2.44. The van der Waals surface area contributed by atoms with Gasteiger partial charge in [0.05, 0.1) is 12.7 Å². The highest BCUT2D eigenvalue weighted by molar-refractivity contribution is 6.31. The van der Waals surface area contributed by atoms with E-state index in [9.17, 15) is 20.4 Å². The Kier molecular flexibility index (Phi) is 5.96. The van der Waals surface area contributed by atoms with Crippen LogP contribution in [0.15, 0.2) is 48.5 Å². The van der Waals surface area contributed by atoms with Gasteiger partial charge in [0.2, 0.25) is 0 Å². The van der Waals surface area contributed by atoms with E-state index >= 15 is 0 Å². The van der Waals surface area contributed by atoms with Crippen molar-refractivity contribution in [3.05, 3.63) is 75.8 Å². The van der Waals surface area contributed by atoms with E-state index in [0.29, 0.717) is 16.2 Å². The van der Waals surface area contributed by atoms with Crippen LogP contribution < -0.4 is 0 Å². The monoisotopic (exact) mass is 416 g/mol. The van der Waals surface area contributed by atoms with E-state index in [1.807, 2.05) is 13.0 Å². The Bertz CT molecular complexity index is 919. The van der Waals surface area contributed by atoms with E-state index in [2.05, 4.69) is 38.1 Å². The first-order valence-corrected chi connectivity index (χ1v) is 10.1.